The van der Waals surface area contributed by atoms with Gasteiger partial charge in [0.2, 0.25) is 0 Å². The van der Waals surface area contributed by atoms with Gasteiger partial charge in [0.15, 0.2) is 0 Å². The van der Waals surface area contributed by atoms with Crippen LogP contribution in [0.2, 0.25) is 0 Å². The van der Waals surface area contributed by atoms with Crippen molar-refractivity contribution in [2.75, 3.05) is 6.54 Å². The van der Waals surface area contributed by atoms with Crippen LogP contribution < -0.4 is 5.32 Å². The number of hydrogen-bond acceptors (Lipinski definition) is 2. The molecule has 0 saturated carbocycles. The molecule has 1 aromatic heterocycles. The van der Waals surface area contributed by atoms with Gasteiger partial charge in [0.05, 0.1) is 5.69 Å². The lowest BCUT2D eigenvalue weighted by molar-refractivity contribution is 0.0944. The van der Waals surface area contributed by atoms with E-state index in [4.69, 9.17) is 0 Å². The molecule has 5 heteroatoms. The summed E-state index contributed by atoms with van der Waals surface area (Å²) >= 11 is 3.46. The summed E-state index contributed by atoms with van der Waals surface area (Å²) in [6, 6.07) is 1.78. The van der Waals surface area contributed by atoms with E-state index in [0.717, 1.165) is 12.1 Å². The highest BCUT2D eigenvalue weighted by molar-refractivity contribution is 9.09. The second kappa shape index (κ2) is 5.30. The number of amides is 1. The molecule has 1 rings (SSSR count). The molecule has 1 amide bonds. The van der Waals surface area contributed by atoms with Crippen LogP contribution in [0.1, 0.15) is 29.5 Å². The highest BCUT2D eigenvalue weighted by Crippen LogP contribution is 2.04. The number of halogens is 1. The first kappa shape index (κ1) is 12.2. The van der Waals surface area contributed by atoms with Crippen LogP contribution in [-0.4, -0.2) is 27.1 Å². The van der Waals surface area contributed by atoms with Crippen molar-refractivity contribution in [2.45, 2.75) is 25.1 Å². The first-order valence-electron chi connectivity index (χ1n) is 4.97. The fourth-order valence-electron chi connectivity index (χ4n) is 1.26. The van der Waals surface area contributed by atoms with Crippen molar-refractivity contribution in [3.63, 3.8) is 0 Å². The number of aromatic nitrogens is 2. The van der Waals surface area contributed by atoms with E-state index >= 15 is 0 Å². The van der Waals surface area contributed by atoms with E-state index in [1.165, 1.54) is 0 Å². The van der Waals surface area contributed by atoms with E-state index in [2.05, 4.69) is 33.3 Å². The topological polar surface area (TPSA) is 46.9 Å². The number of aryl methyl sites for hydroxylation is 2. The van der Waals surface area contributed by atoms with Crippen LogP contribution in [0.15, 0.2) is 6.07 Å². The maximum Gasteiger partial charge on any atom is 0.269 e. The normalized spacial score (nSPS) is 12.5. The van der Waals surface area contributed by atoms with Gasteiger partial charge in [-0.25, -0.2) is 0 Å². The molecule has 0 fully saturated rings. The number of nitrogens with one attached hydrogen (secondary N) is 1. The molecule has 0 aromatic carbocycles. The minimum absolute atomic E-state index is 0.0731. The van der Waals surface area contributed by atoms with Crippen LogP contribution in [0.5, 0.6) is 0 Å². The second-order valence-electron chi connectivity index (χ2n) is 3.51. The fourth-order valence-corrected chi connectivity index (χ4v) is 1.42. The summed E-state index contributed by atoms with van der Waals surface area (Å²) in [5.41, 5.74) is 1.46. The predicted octanol–water partition coefficient (Wildman–Crippen LogP) is 1.63. The Hall–Kier alpha value is -0.840. The Bertz CT molecular complexity index is 348. The molecule has 0 aliphatic carbocycles. The van der Waals surface area contributed by atoms with Crippen molar-refractivity contribution in [3.05, 3.63) is 17.5 Å². The van der Waals surface area contributed by atoms with Gasteiger partial charge in [0.1, 0.15) is 5.69 Å². The summed E-state index contributed by atoms with van der Waals surface area (Å²) in [4.78, 5) is 12.0. The zero-order valence-electron chi connectivity index (χ0n) is 9.25. The Morgan fingerprint density at radius 3 is 2.87 bits per heavy atom. The highest BCUT2D eigenvalue weighted by atomic mass is 79.9. The zero-order valence-corrected chi connectivity index (χ0v) is 10.8. The van der Waals surface area contributed by atoms with Crippen molar-refractivity contribution in [3.8, 4) is 0 Å². The Kier molecular flexibility index (Phi) is 4.32. The maximum atomic E-state index is 11.7. The number of alkyl halides is 1. The molecule has 84 valence electrons. The summed E-state index contributed by atoms with van der Waals surface area (Å²) in [5.74, 6) is -0.0731. The van der Waals surface area contributed by atoms with Crippen molar-refractivity contribution in [1.82, 2.24) is 15.1 Å². The average Bonchev–Trinajstić information content (AvgIpc) is 2.53. The fraction of sp³-hybridized carbons (Fsp3) is 0.600. The number of rotatable bonds is 4. The third-order valence-corrected chi connectivity index (χ3v) is 3.13. The van der Waals surface area contributed by atoms with Gasteiger partial charge in [-0.15, -0.1) is 0 Å². The molecule has 0 spiro atoms. The lowest BCUT2D eigenvalue weighted by atomic mass is 10.3. The summed E-state index contributed by atoms with van der Waals surface area (Å²) in [7, 11) is 1.77. The maximum absolute atomic E-state index is 11.7. The third kappa shape index (κ3) is 3.34. The van der Waals surface area contributed by atoms with E-state index in [9.17, 15) is 4.79 Å². The summed E-state index contributed by atoms with van der Waals surface area (Å²) in [6.07, 6.45) is 0.991. The van der Waals surface area contributed by atoms with Gasteiger partial charge in [-0.3, -0.25) is 9.48 Å². The lowest BCUT2D eigenvalue weighted by Gasteiger charge is -2.08. The van der Waals surface area contributed by atoms with E-state index in [-0.39, 0.29) is 5.91 Å². The summed E-state index contributed by atoms with van der Waals surface area (Å²) in [6.45, 7) is 4.58. The summed E-state index contributed by atoms with van der Waals surface area (Å²) in [5, 5.41) is 6.98. The van der Waals surface area contributed by atoms with E-state index in [1.807, 2.05) is 6.92 Å². The molecule has 0 aliphatic heterocycles. The number of carbonyl (C=O) groups is 1. The molecule has 0 aliphatic rings. The molecule has 15 heavy (non-hydrogen) atoms. The Morgan fingerprint density at radius 2 is 2.40 bits per heavy atom. The molecule has 1 N–H and O–H groups in total. The minimum atomic E-state index is -0.0731. The van der Waals surface area contributed by atoms with Gasteiger partial charge >= 0.3 is 0 Å². The van der Waals surface area contributed by atoms with Crippen LogP contribution in [0, 0.1) is 6.92 Å². The highest BCUT2D eigenvalue weighted by Gasteiger charge is 2.12. The van der Waals surface area contributed by atoms with Crippen molar-refractivity contribution in [2.24, 2.45) is 7.05 Å². The minimum Gasteiger partial charge on any atom is -0.350 e. The number of carbonyl (C=O) groups excluding carboxylic acids is 1. The first-order valence-corrected chi connectivity index (χ1v) is 5.89. The molecule has 4 nitrogen and oxygen atoms in total. The molecule has 0 radical (unpaired) electrons. The smallest absolute Gasteiger partial charge is 0.269 e. The van der Waals surface area contributed by atoms with Crippen LogP contribution >= 0.6 is 15.9 Å². The summed E-state index contributed by atoms with van der Waals surface area (Å²) < 4.78 is 1.60. The van der Waals surface area contributed by atoms with E-state index in [0.29, 0.717) is 17.1 Å². The third-order valence-electron chi connectivity index (χ3n) is 2.16. The van der Waals surface area contributed by atoms with E-state index in [1.54, 1.807) is 17.8 Å². The van der Waals surface area contributed by atoms with Crippen LogP contribution in [-0.2, 0) is 7.05 Å². The van der Waals surface area contributed by atoms with Crippen LogP contribution in [0.3, 0.4) is 0 Å². The van der Waals surface area contributed by atoms with Crippen molar-refractivity contribution in [1.29, 1.82) is 0 Å². The van der Waals surface area contributed by atoms with Crippen LogP contribution in [0.25, 0.3) is 0 Å². The van der Waals surface area contributed by atoms with Gasteiger partial charge in [-0.05, 0) is 19.4 Å². The van der Waals surface area contributed by atoms with Crippen molar-refractivity contribution < 1.29 is 4.79 Å². The molecule has 1 unspecified atom stereocenters. The standard InChI is InChI=1S/C10H16BrN3O/c1-4-8(11)6-12-10(15)9-5-7(2)13-14(9)3/h5,8H,4,6H2,1-3H3,(H,12,15). The number of hydrogen-bond donors (Lipinski definition) is 1. The number of nitrogens with zero attached hydrogens (tertiary/aromatic N) is 2. The monoisotopic (exact) mass is 273 g/mol. The SMILES string of the molecule is CCC(Br)CNC(=O)c1cc(C)nn1C. The quantitative estimate of drug-likeness (QED) is 0.848. The van der Waals surface area contributed by atoms with E-state index < -0.39 is 0 Å². The molecular weight excluding hydrogens is 258 g/mol. The molecule has 0 bridgehead atoms. The van der Waals surface area contributed by atoms with Crippen LogP contribution in [0.4, 0.5) is 0 Å². The second-order valence-corrected chi connectivity index (χ2v) is 4.81. The lowest BCUT2D eigenvalue weighted by Crippen LogP contribution is -2.30. The predicted molar refractivity (Wildman–Crippen MR) is 63.3 cm³/mol. The zero-order chi connectivity index (χ0) is 11.4. The Balaban J connectivity index is 2.58. The van der Waals surface area contributed by atoms with Crippen molar-refractivity contribution >= 4 is 21.8 Å². The molecule has 0 saturated heterocycles. The Labute approximate surface area is 98.2 Å². The molecule has 1 heterocycles. The molecule has 1 aromatic rings. The Morgan fingerprint density at radius 1 is 1.73 bits per heavy atom. The largest absolute Gasteiger partial charge is 0.350 e. The first-order chi connectivity index (χ1) is 7.04. The van der Waals surface area contributed by atoms with Gasteiger partial charge in [-0.2, -0.15) is 5.10 Å². The van der Waals surface area contributed by atoms with Gasteiger partial charge in [0, 0.05) is 18.4 Å². The molecule has 1 atom stereocenters. The van der Waals surface area contributed by atoms with Gasteiger partial charge in [0.25, 0.3) is 5.91 Å². The van der Waals surface area contributed by atoms with Gasteiger partial charge in [-0.1, -0.05) is 22.9 Å². The average molecular weight is 274 g/mol. The van der Waals surface area contributed by atoms with Gasteiger partial charge < -0.3 is 5.32 Å². The molecular formula is C10H16BrN3O.